The molecule has 0 aliphatic carbocycles. The minimum atomic E-state index is -0.798. The molecule has 118 valence electrons. The van der Waals surface area contributed by atoms with Gasteiger partial charge in [-0.3, -0.25) is 4.79 Å². The molecule has 0 radical (unpaired) electrons. The molecule has 1 unspecified atom stereocenters. The van der Waals surface area contributed by atoms with Crippen LogP contribution in [0.25, 0.3) is 11.0 Å². The minimum absolute atomic E-state index is 0.0310. The molecule has 1 heterocycles. The Balaban J connectivity index is 1.61. The molecule has 0 fully saturated rings. The fraction of sp³-hybridized carbons (Fsp3) is 0.211. The molecule has 1 amide bonds. The monoisotopic (exact) mass is 309 g/mol. The molecule has 1 aromatic heterocycles. The van der Waals surface area contributed by atoms with E-state index in [4.69, 9.17) is 4.42 Å². The average Bonchev–Trinajstić information content (AvgIpc) is 2.90. The Morgan fingerprint density at radius 1 is 1.13 bits per heavy atom. The number of furan rings is 1. The van der Waals surface area contributed by atoms with Crippen LogP contribution in [-0.4, -0.2) is 11.0 Å². The normalized spacial score (nSPS) is 12.3. The fourth-order valence-corrected chi connectivity index (χ4v) is 2.61. The van der Waals surface area contributed by atoms with E-state index in [2.05, 4.69) is 5.32 Å². The molecule has 2 N–H and O–H groups in total. The van der Waals surface area contributed by atoms with E-state index in [9.17, 15) is 9.90 Å². The zero-order chi connectivity index (χ0) is 16.2. The van der Waals surface area contributed by atoms with Crippen molar-refractivity contribution >= 4 is 16.9 Å². The van der Waals surface area contributed by atoms with Gasteiger partial charge in [-0.2, -0.15) is 0 Å². The van der Waals surface area contributed by atoms with E-state index in [1.807, 2.05) is 49.4 Å². The molecule has 0 saturated heterocycles. The maximum atomic E-state index is 12.0. The van der Waals surface area contributed by atoms with Gasteiger partial charge in [0.25, 0.3) is 0 Å². The summed E-state index contributed by atoms with van der Waals surface area (Å²) in [6, 6.07) is 17.0. The number of carbonyl (C=O) groups is 1. The zero-order valence-corrected chi connectivity index (χ0v) is 13.0. The Hall–Kier alpha value is -2.59. The first-order chi connectivity index (χ1) is 11.1. The first-order valence-corrected chi connectivity index (χ1v) is 7.62. The van der Waals surface area contributed by atoms with Crippen molar-refractivity contribution in [2.75, 3.05) is 0 Å². The SMILES string of the molecule is Cc1c(CNC(=O)CC(O)c2ccccc2)oc2ccccc12. The quantitative estimate of drug-likeness (QED) is 0.758. The van der Waals surface area contributed by atoms with Gasteiger partial charge < -0.3 is 14.8 Å². The molecule has 4 nitrogen and oxygen atoms in total. The lowest BCUT2D eigenvalue weighted by atomic mass is 10.1. The molecule has 23 heavy (non-hydrogen) atoms. The van der Waals surface area contributed by atoms with E-state index >= 15 is 0 Å². The second-order valence-corrected chi connectivity index (χ2v) is 5.55. The molecule has 4 heteroatoms. The Morgan fingerprint density at radius 2 is 1.83 bits per heavy atom. The number of rotatable bonds is 5. The molecule has 0 spiro atoms. The highest BCUT2D eigenvalue weighted by Gasteiger charge is 2.14. The number of aryl methyl sites for hydroxylation is 1. The van der Waals surface area contributed by atoms with Crippen molar-refractivity contribution in [2.45, 2.75) is 26.0 Å². The van der Waals surface area contributed by atoms with E-state index in [0.29, 0.717) is 6.54 Å². The summed E-state index contributed by atoms with van der Waals surface area (Å²) in [4.78, 5) is 12.0. The van der Waals surface area contributed by atoms with Crippen molar-refractivity contribution in [2.24, 2.45) is 0 Å². The summed E-state index contributed by atoms with van der Waals surface area (Å²) in [7, 11) is 0. The number of carbonyl (C=O) groups excluding carboxylic acids is 1. The highest BCUT2D eigenvalue weighted by atomic mass is 16.3. The number of amides is 1. The van der Waals surface area contributed by atoms with Crippen LogP contribution in [-0.2, 0) is 11.3 Å². The third-order valence-corrected chi connectivity index (χ3v) is 3.95. The summed E-state index contributed by atoms with van der Waals surface area (Å²) in [6.07, 6.45) is -0.767. The molecule has 1 atom stereocenters. The third-order valence-electron chi connectivity index (χ3n) is 3.95. The summed E-state index contributed by atoms with van der Waals surface area (Å²) < 4.78 is 5.76. The Labute approximate surface area is 134 Å². The van der Waals surface area contributed by atoms with Crippen molar-refractivity contribution in [3.8, 4) is 0 Å². The molecular formula is C19H19NO3. The van der Waals surface area contributed by atoms with Crippen LogP contribution < -0.4 is 5.32 Å². The lowest BCUT2D eigenvalue weighted by molar-refractivity contribution is -0.123. The number of fused-ring (bicyclic) bond motifs is 1. The molecule has 0 aliphatic rings. The van der Waals surface area contributed by atoms with Crippen LogP contribution in [0.1, 0.15) is 29.4 Å². The van der Waals surface area contributed by atoms with Gasteiger partial charge in [0.15, 0.2) is 0 Å². The average molecular weight is 309 g/mol. The summed E-state index contributed by atoms with van der Waals surface area (Å²) in [5, 5.41) is 13.9. The Morgan fingerprint density at radius 3 is 2.57 bits per heavy atom. The summed E-state index contributed by atoms with van der Waals surface area (Å²) in [6.45, 7) is 2.30. The number of para-hydroxylation sites is 1. The van der Waals surface area contributed by atoms with Crippen molar-refractivity contribution in [3.63, 3.8) is 0 Å². The first kappa shape index (κ1) is 15.3. The van der Waals surface area contributed by atoms with Crippen LogP contribution in [0, 0.1) is 6.92 Å². The van der Waals surface area contributed by atoms with Crippen LogP contribution in [0.2, 0.25) is 0 Å². The molecule has 3 rings (SSSR count). The maximum absolute atomic E-state index is 12.0. The molecule has 0 aliphatic heterocycles. The van der Waals surface area contributed by atoms with Gasteiger partial charge in [-0.05, 0) is 18.6 Å². The van der Waals surface area contributed by atoms with Gasteiger partial charge in [0.05, 0.1) is 19.1 Å². The van der Waals surface area contributed by atoms with Crippen LogP contribution in [0.15, 0.2) is 59.0 Å². The van der Waals surface area contributed by atoms with Gasteiger partial charge >= 0.3 is 0 Å². The smallest absolute Gasteiger partial charge is 0.223 e. The van der Waals surface area contributed by atoms with E-state index in [-0.39, 0.29) is 12.3 Å². The summed E-state index contributed by atoms with van der Waals surface area (Å²) >= 11 is 0. The largest absolute Gasteiger partial charge is 0.459 e. The van der Waals surface area contributed by atoms with Crippen molar-refractivity contribution in [1.29, 1.82) is 0 Å². The van der Waals surface area contributed by atoms with Gasteiger partial charge in [-0.25, -0.2) is 0 Å². The Kier molecular flexibility index (Phi) is 4.44. The van der Waals surface area contributed by atoms with Crippen LogP contribution >= 0.6 is 0 Å². The van der Waals surface area contributed by atoms with E-state index < -0.39 is 6.10 Å². The predicted molar refractivity (Wildman–Crippen MR) is 88.8 cm³/mol. The van der Waals surface area contributed by atoms with Crippen LogP contribution in [0.5, 0.6) is 0 Å². The van der Waals surface area contributed by atoms with Crippen LogP contribution in [0.3, 0.4) is 0 Å². The Bertz CT molecular complexity index is 808. The van der Waals surface area contributed by atoms with Crippen molar-refractivity contribution in [3.05, 3.63) is 71.5 Å². The number of hydrogen-bond acceptors (Lipinski definition) is 3. The van der Waals surface area contributed by atoms with Crippen molar-refractivity contribution < 1.29 is 14.3 Å². The highest BCUT2D eigenvalue weighted by molar-refractivity contribution is 5.82. The van der Waals surface area contributed by atoms with Crippen molar-refractivity contribution in [1.82, 2.24) is 5.32 Å². The summed E-state index contributed by atoms with van der Waals surface area (Å²) in [5.74, 6) is 0.537. The fourth-order valence-electron chi connectivity index (χ4n) is 2.61. The van der Waals surface area contributed by atoms with Gasteiger partial charge in [-0.15, -0.1) is 0 Å². The van der Waals surface area contributed by atoms with Crippen LogP contribution in [0.4, 0.5) is 0 Å². The van der Waals surface area contributed by atoms with Gasteiger partial charge in [0, 0.05) is 10.9 Å². The number of aliphatic hydroxyl groups is 1. The number of nitrogens with one attached hydrogen (secondary N) is 1. The van der Waals surface area contributed by atoms with Gasteiger partial charge in [0.2, 0.25) is 5.91 Å². The molecule has 2 aromatic carbocycles. The number of aliphatic hydroxyl groups excluding tert-OH is 1. The lowest BCUT2D eigenvalue weighted by Crippen LogP contribution is -2.24. The number of hydrogen-bond donors (Lipinski definition) is 2. The molecule has 0 saturated carbocycles. The summed E-state index contributed by atoms with van der Waals surface area (Å²) in [5.41, 5.74) is 2.59. The van der Waals surface area contributed by atoms with E-state index in [1.54, 1.807) is 12.1 Å². The van der Waals surface area contributed by atoms with E-state index in [0.717, 1.165) is 27.9 Å². The standard InChI is InChI=1S/C19H19NO3/c1-13-15-9-5-6-10-17(15)23-18(13)12-20-19(22)11-16(21)14-7-3-2-4-8-14/h2-10,16,21H,11-12H2,1H3,(H,20,22). The second-order valence-electron chi connectivity index (χ2n) is 5.55. The molecular weight excluding hydrogens is 290 g/mol. The number of benzene rings is 2. The maximum Gasteiger partial charge on any atom is 0.223 e. The third kappa shape index (κ3) is 3.43. The lowest BCUT2D eigenvalue weighted by Gasteiger charge is -2.10. The minimum Gasteiger partial charge on any atom is -0.459 e. The predicted octanol–water partition coefficient (Wildman–Crippen LogP) is 3.48. The molecule has 3 aromatic rings. The second kappa shape index (κ2) is 6.67. The van der Waals surface area contributed by atoms with Gasteiger partial charge in [0.1, 0.15) is 11.3 Å². The van der Waals surface area contributed by atoms with E-state index in [1.165, 1.54) is 0 Å². The highest BCUT2D eigenvalue weighted by Crippen LogP contribution is 2.24. The first-order valence-electron chi connectivity index (χ1n) is 7.62. The van der Waals surface area contributed by atoms with Gasteiger partial charge in [-0.1, -0.05) is 48.5 Å². The molecule has 0 bridgehead atoms. The zero-order valence-electron chi connectivity index (χ0n) is 13.0. The topological polar surface area (TPSA) is 62.5 Å².